The van der Waals surface area contributed by atoms with E-state index < -0.39 is 41.7 Å². The largest absolute Gasteiger partial charge is 0.423 e. The number of halogens is 1. The minimum atomic E-state index is -1.12. The first-order chi connectivity index (χ1) is 18.5. The maximum absolute atomic E-state index is 14.6. The van der Waals surface area contributed by atoms with E-state index in [9.17, 15) is 18.8 Å². The molecule has 0 saturated carbocycles. The molecule has 0 unspecified atom stereocenters. The second-order valence-corrected chi connectivity index (χ2v) is 8.95. The van der Waals surface area contributed by atoms with Crippen molar-refractivity contribution in [2.24, 2.45) is 5.92 Å². The number of carbonyl (C=O) groups is 3. The van der Waals surface area contributed by atoms with E-state index in [2.05, 4.69) is 0 Å². The zero-order valence-electron chi connectivity index (χ0n) is 19.9. The van der Waals surface area contributed by atoms with Crippen LogP contribution in [-0.2, 0) is 14.4 Å². The molecule has 38 heavy (non-hydrogen) atoms. The second-order valence-electron chi connectivity index (χ2n) is 8.95. The average molecular weight is 509 g/mol. The van der Waals surface area contributed by atoms with Crippen LogP contribution in [-0.4, -0.2) is 23.9 Å². The van der Waals surface area contributed by atoms with Crippen LogP contribution in [0.3, 0.4) is 0 Å². The van der Waals surface area contributed by atoms with Gasteiger partial charge in [0.2, 0.25) is 5.91 Å². The third kappa shape index (κ3) is 4.01. The van der Waals surface area contributed by atoms with Gasteiger partial charge in [-0.2, -0.15) is 0 Å². The van der Waals surface area contributed by atoms with Crippen LogP contribution in [0.1, 0.15) is 22.0 Å². The van der Waals surface area contributed by atoms with Gasteiger partial charge in [0.15, 0.2) is 6.10 Å². The monoisotopic (exact) mass is 508 g/mol. The van der Waals surface area contributed by atoms with Crippen molar-refractivity contribution < 1.29 is 28.3 Å². The Hall–Kier alpha value is -4.82. The number of benzene rings is 4. The van der Waals surface area contributed by atoms with E-state index in [4.69, 9.17) is 9.57 Å². The summed E-state index contributed by atoms with van der Waals surface area (Å²) in [6.07, 6.45) is -1.12. The van der Waals surface area contributed by atoms with Gasteiger partial charge in [-0.15, -0.1) is 0 Å². The molecule has 4 aromatic rings. The molecule has 2 aliphatic rings. The summed E-state index contributed by atoms with van der Waals surface area (Å²) in [6, 6.07) is 29.4. The second kappa shape index (κ2) is 9.57. The fraction of sp³-hybridized carbons (Fsp3) is 0.100. The molecule has 6 rings (SSSR count). The van der Waals surface area contributed by atoms with Gasteiger partial charge in [0.05, 0.1) is 23.0 Å². The van der Waals surface area contributed by atoms with Crippen molar-refractivity contribution >= 4 is 29.2 Å². The summed E-state index contributed by atoms with van der Waals surface area (Å²) >= 11 is 0. The first kappa shape index (κ1) is 23.6. The third-order valence-electron chi connectivity index (χ3n) is 6.66. The fourth-order valence-electron chi connectivity index (χ4n) is 4.90. The number of para-hydroxylation sites is 2. The molecule has 188 valence electrons. The Morgan fingerprint density at radius 2 is 1.39 bits per heavy atom. The third-order valence-corrected chi connectivity index (χ3v) is 6.66. The van der Waals surface area contributed by atoms with Gasteiger partial charge in [-0.25, -0.2) is 19.1 Å². The van der Waals surface area contributed by atoms with Crippen LogP contribution >= 0.6 is 0 Å². The van der Waals surface area contributed by atoms with Gasteiger partial charge in [0.1, 0.15) is 17.5 Å². The molecule has 0 N–H and O–H groups in total. The lowest BCUT2D eigenvalue weighted by Crippen LogP contribution is -2.37. The first-order valence-corrected chi connectivity index (χ1v) is 12.0. The molecule has 7 nitrogen and oxygen atoms in total. The molecule has 2 saturated heterocycles. The summed E-state index contributed by atoms with van der Waals surface area (Å²) < 4.78 is 20.0. The number of carbonyl (C=O) groups excluding carboxylic acids is 3. The summed E-state index contributed by atoms with van der Waals surface area (Å²) in [4.78, 5) is 46.4. The van der Waals surface area contributed by atoms with Gasteiger partial charge >= 0.3 is 5.97 Å². The van der Waals surface area contributed by atoms with E-state index in [1.807, 2.05) is 36.4 Å². The molecule has 2 fully saturated rings. The maximum Gasteiger partial charge on any atom is 0.343 e. The number of hydrogen-bond acceptors (Lipinski definition) is 6. The summed E-state index contributed by atoms with van der Waals surface area (Å²) in [6.45, 7) is 0. The highest BCUT2D eigenvalue weighted by molar-refractivity contribution is 6.24. The Balaban J connectivity index is 1.34. The highest BCUT2D eigenvalue weighted by Crippen LogP contribution is 2.48. The van der Waals surface area contributed by atoms with E-state index in [1.54, 1.807) is 59.7 Å². The smallest absolute Gasteiger partial charge is 0.343 e. The van der Waals surface area contributed by atoms with Gasteiger partial charge in [-0.1, -0.05) is 60.7 Å². The minimum Gasteiger partial charge on any atom is -0.423 e. The lowest BCUT2D eigenvalue weighted by atomic mass is 9.90. The van der Waals surface area contributed by atoms with Crippen LogP contribution in [0.25, 0.3) is 0 Å². The highest BCUT2D eigenvalue weighted by atomic mass is 19.1. The Morgan fingerprint density at radius 3 is 2.08 bits per heavy atom. The molecule has 4 aromatic carbocycles. The normalized spacial score (nSPS) is 20.5. The number of fused-ring (bicyclic) bond motifs is 1. The molecule has 2 amide bonds. The molecule has 0 radical (unpaired) electrons. The molecule has 3 atom stereocenters. The molecule has 0 aromatic heterocycles. The van der Waals surface area contributed by atoms with Gasteiger partial charge in [0, 0.05) is 0 Å². The van der Waals surface area contributed by atoms with Crippen LogP contribution < -0.4 is 14.7 Å². The Morgan fingerprint density at radius 1 is 0.763 bits per heavy atom. The average Bonchev–Trinajstić information content (AvgIpc) is 3.46. The molecule has 2 aliphatic heterocycles. The van der Waals surface area contributed by atoms with Crippen molar-refractivity contribution in [1.82, 2.24) is 0 Å². The van der Waals surface area contributed by atoms with Gasteiger partial charge in [-0.05, 0) is 54.1 Å². The predicted octanol–water partition coefficient (Wildman–Crippen LogP) is 5.10. The number of hydrogen-bond donors (Lipinski definition) is 0. The van der Waals surface area contributed by atoms with Crippen LogP contribution in [0.2, 0.25) is 0 Å². The Labute approximate surface area is 217 Å². The molecule has 0 bridgehead atoms. The molecular formula is C30H21FN2O5. The SMILES string of the molecule is O=C(Oc1ccc([C@H]2[C@H]3C(=O)N(c4ccccc4F)C(=O)[C@@H]3ON2c2ccccc2)cc1)c1ccccc1. The van der Waals surface area contributed by atoms with Crippen molar-refractivity contribution in [3.05, 3.63) is 126 Å². The molecule has 8 heteroatoms. The quantitative estimate of drug-likeness (QED) is 0.212. The number of ether oxygens (including phenoxy) is 1. The van der Waals surface area contributed by atoms with Crippen LogP contribution in [0.15, 0.2) is 109 Å². The lowest BCUT2D eigenvalue weighted by molar-refractivity contribution is -0.126. The van der Waals surface area contributed by atoms with Crippen molar-refractivity contribution in [2.75, 3.05) is 9.96 Å². The lowest BCUT2D eigenvalue weighted by Gasteiger charge is -2.28. The van der Waals surface area contributed by atoms with Crippen LogP contribution in [0.5, 0.6) is 5.75 Å². The number of rotatable bonds is 5. The number of amides is 2. The number of hydroxylamine groups is 1. The van der Waals surface area contributed by atoms with Gasteiger partial charge in [-0.3, -0.25) is 14.4 Å². The Bertz CT molecular complexity index is 1510. The number of imide groups is 1. The summed E-state index contributed by atoms with van der Waals surface area (Å²) in [5.41, 5.74) is 1.64. The molecule has 0 spiro atoms. The molecule has 0 aliphatic carbocycles. The summed E-state index contributed by atoms with van der Waals surface area (Å²) in [5, 5.41) is 1.55. The fourth-order valence-corrected chi connectivity index (χ4v) is 4.90. The number of esters is 1. The van der Waals surface area contributed by atoms with Crippen molar-refractivity contribution in [3.8, 4) is 5.75 Å². The molecule has 2 heterocycles. The van der Waals surface area contributed by atoms with E-state index in [0.717, 1.165) is 4.90 Å². The number of nitrogens with zero attached hydrogens (tertiary/aromatic N) is 2. The van der Waals surface area contributed by atoms with E-state index in [1.165, 1.54) is 18.2 Å². The zero-order chi connectivity index (χ0) is 26.2. The van der Waals surface area contributed by atoms with E-state index >= 15 is 0 Å². The summed E-state index contributed by atoms with van der Waals surface area (Å²) in [7, 11) is 0. The zero-order valence-corrected chi connectivity index (χ0v) is 19.9. The van der Waals surface area contributed by atoms with E-state index in [-0.39, 0.29) is 5.69 Å². The van der Waals surface area contributed by atoms with E-state index in [0.29, 0.717) is 22.6 Å². The van der Waals surface area contributed by atoms with Crippen molar-refractivity contribution in [3.63, 3.8) is 0 Å². The van der Waals surface area contributed by atoms with Gasteiger partial charge in [0.25, 0.3) is 5.91 Å². The first-order valence-electron chi connectivity index (χ1n) is 12.0. The maximum atomic E-state index is 14.6. The standard InChI is InChI=1S/C30H21FN2O5/c31-23-13-7-8-14-24(23)32-28(34)25-26(33(38-27(25)29(32)35)21-11-5-2-6-12-21)19-15-17-22(18-16-19)37-30(36)20-9-3-1-4-10-20/h1-18,25-27H/t25-,26+,27-/m1/s1. The topological polar surface area (TPSA) is 76.2 Å². The summed E-state index contributed by atoms with van der Waals surface area (Å²) in [5.74, 6) is -2.93. The highest BCUT2D eigenvalue weighted by Gasteiger charge is 2.60. The number of anilines is 2. The predicted molar refractivity (Wildman–Crippen MR) is 137 cm³/mol. The van der Waals surface area contributed by atoms with Crippen LogP contribution in [0, 0.1) is 11.7 Å². The van der Waals surface area contributed by atoms with Crippen LogP contribution in [0.4, 0.5) is 15.8 Å². The van der Waals surface area contributed by atoms with Crippen molar-refractivity contribution in [2.45, 2.75) is 12.1 Å². The van der Waals surface area contributed by atoms with Crippen molar-refractivity contribution in [1.29, 1.82) is 0 Å². The minimum absolute atomic E-state index is 0.103. The Kier molecular flexibility index (Phi) is 5.94. The molecular weight excluding hydrogens is 487 g/mol. The van der Waals surface area contributed by atoms with Gasteiger partial charge < -0.3 is 4.74 Å².